The van der Waals surface area contributed by atoms with Crippen LogP contribution in [0.25, 0.3) is 0 Å². The van der Waals surface area contributed by atoms with Gasteiger partial charge < -0.3 is 9.84 Å². The van der Waals surface area contributed by atoms with Gasteiger partial charge >= 0.3 is 0 Å². The Morgan fingerprint density at radius 2 is 2.00 bits per heavy atom. The zero-order valence-corrected chi connectivity index (χ0v) is 9.89. The highest BCUT2D eigenvalue weighted by Gasteiger charge is 2.20. The highest BCUT2D eigenvalue weighted by Crippen LogP contribution is 2.25. The fourth-order valence-electron chi connectivity index (χ4n) is 1.93. The third kappa shape index (κ3) is 4.67. The fraction of sp³-hybridized carbons (Fsp3) is 1.00. The quantitative estimate of drug-likeness (QED) is 0.694. The molecule has 1 N–H and O–H groups in total. The van der Waals surface area contributed by atoms with Crippen LogP contribution in [0, 0.1) is 5.92 Å². The smallest absolute Gasteiger partial charge is 0.0575 e. The molecule has 0 amide bonds. The Labute approximate surface area is 91.4 Å². The van der Waals surface area contributed by atoms with Crippen molar-refractivity contribution in [1.82, 2.24) is 0 Å². The molecule has 2 nitrogen and oxygen atoms in total. The lowest BCUT2D eigenvalue weighted by molar-refractivity contribution is 0.0121. The first-order chi connectivity index (χ1) is 6.86. The molecule has 1 aliphatic carbocycles. The first-order valence-corrected chi connectivity index (χ1v) is 6.97. The molecule has 0 radical (unpaired) electrons. The van der Waals surface area contributed by atoms with Gasteiger partial charge in [-0.05, 0) is 50.0 Å². The SMILES string of the molecule is CSCCCOC1CCC(CO)CC1. The molecule has 0 unspecified atom stereocenters. The molecule has 0 saturated heterocycles. The molecule has 3 heteroatoms. The summed E-state index contributed by atoms with van der Waals surface area (Å²) in [6.07, 6.45) is 8.34. The molecule has 0 heterocycles. The summed E-state index contributed by atoms with van der Waals surface area (Å²) in [6.45, 7) is 1.27. The van der Waals surface area contributed by atoms with Crippen molar-refractivity contribution in [2.24, 2.45) is 5.92 Å². The van der Waals surface area contributed by atoms with Crippen molar-refractivity contribution >= 4 is 11.8 Å². The number of aliphatic hydroxyl groups excluding tert-OH is 1. The molecule has 0 atom stereocenters. The first-order valence-electron chi connectivity index (χ1n) is 5.58. The normalized spacial score (nSPS) is 27.9. The predicted molar refractivity (Wildman–Crippen MR) is 61.8 cm³/mol. The van der Waals surface area contributed by atoms with E-state index in [2.05, 4.69) is 6.26 Å². The number of aliphatic hydroxyl groups is 1. The second kappa shape index (κ2) is 7.55. The van der Waals surface area contributed by atoms with Crippen LogP contribution in [0.1, 0.15) is 32.1 Å². The number of rotatable bonds is 6. The van der Waals surface area contributed by atoms with Crippen molar-refractivity contribution in [2.75, 3.05) is 25.2 Å². The van der Waals surface area contributed by atoms with E-state index in [4.69, 9.17) is 9.84 Å². The van der Waals surface area contributed by atoms with Gasteiger partial charge in [0.2, 0.25) is 0 Å². The van der Waals surface area contributed by atoms with Gasteiger partial charge in [0.1, 0.15) is 0 Å². The molecule has 1 rings (SSSR count). The number of hydrogen-bond donors (Lipinski definition) is 1. The van der Waals surface area contributed by atoms with Crippen LogP contribution in [0.3, 0.4) is 0 Å². The summed E-state index contributed by atoms with van der Waals surface area (Å²) >= 11 is 1.88. The Balaban J connectivity index is 1.98. The number of hydrogen-bond acceptors (Lipinski definition) is 3. The van der Waals surface area contributed by atoms with Crippen molar-refractivity contribution in [3.8, 4) is 0 Å². The van der Waals surface area contributed by atoms with Crippen molar-refractivity contribution in [2.45, 2.75) is 38.2 Å². The van der Waals surface area contributed by atoms with Gasteiger partial charge in [-0.15, -0.1) is 0 Å². The Kier molecular flexibility index (Phi) is 6.65. The summed E-state index contributed by atoms with van der Waals surface area (Å²) in [5.74, 6) is 1.74. The van der Waals surface area contributed by atoms with Crippen molar-refractivity contribution < 1.29 is 9.84 Å². The molecule has 14 heavy (non-hydrogen) atoms. The maximum Gasteiger partial charge on any atom is 0.0575 e. The van der Waals surface area contributed by atoms with E-state index in [9.17, 15) is 0 Å². The van der Waals surface area contributed by atoms with E-state index >= 15 is 0 Å². The third-order valence-corrected chi connectivity index (χ3v) is 3.60. The average Bonchev–Trinajstić information content (AvgIpc) is 2.25. The Morgan fingerprint density at radius 1 is 1.29 bits per heavy atom. The summed E-state index contributed by atoms with van der Waals surface area (Å²) in [6, 6.07) is 0. The largest absolute Gasteiger partial charge is 0.396 e. The van der Waals surface area contributed by atoms with Crippen molar-refractivity contribution in [3.63, 3.8) is 0 Å². The van der Waals surface area contributed by atoms with E-state index < -0.39 is 0 Å². The molecule has 1 fully saturated rings. The van der Waals surface area contributed by atoms with Gasteiger partial charge in [0.05, 0.1) is 6.10 Å². The predicted octanol–water partition coefficient (Wildman–Crippen LogP) is 2.31. The molecule has 1 saturated carbocycles. The molecule has 84 valence electrons. The molecular formula is C11H22O2S. The number of ether oxygens (including phenoxy) is 1. The lowest BCUT2D eigenvalue weighted by Crippen LogP contribution is -2.23. The molecule has 0 spiro atoms. The first kappa shape index (κ1) is 12.3. The maximum atomic E-state index is 8.98. The van der Waals surface area contributed by atoms with Crippen molar-refractivity contribution in [3.05, 3.63) is 0 Å². The van der Waals surface area contributed by atoms with Crippen LogP contribution >= 0.6 is 11.8 Å². The molecule has 0 aromatic carbocycles. The van der Waals surface area contributed by atoms with Gasteiger partial charge in [-0.25, -0.2) is 0 Å². The molecule has 1 aliphatic rings. The summed E-state index contributed by atoms with van der Waals surface area (Å²) in [4.78, 5) is 0. The summed E-state index contributed by atoms with van der Waals surface area (Å²) in [5.41, 5.74) is 0. The third-order valence-electron chi connectivity index (χ3n) is 2.90. The van der Waals surface area contributed by atoms with Gasteiger partial charge in [-0.3, -0.25) is 0 Å². The van der Waals surface area contributed by atoms with Gasteiger partial charge in [0, 0.05) is 13.2 Å². The molecule has 0 aliphatic heterocycles. The van der Waals surface area contributed by atoms with Crippen LogP contribution in [-0.2, 0) is 4.74 Å². The number of thioether (sulfide) groups is 1. The summed E-state index contributed by atoms with van der Waals surface area (Å²) in [5, 5.41) is 8.98. The standard InChI is InChI=1S/C11H22O2S/c1-14-8-2-7-13-11-5-3-10(9-12)4-6-11/h10-12H,2-9H2,1H3. The zero-order valence-electron chi connectivity index (χ0n) is 9.08. The Hall–Kier alpha value is 0.270. The minimum atomic E-state index is 0.360. The summed E-state index contributed by atoms with van der Waals surface area (Å²) in [7, 11) is 0. The van der Waals surface area contributed by atoms with Gasteiger partial charge in [-0.1, -0.05) is 0 Å². The summed E-state index contributed by atoms with van der Waals surface area (Å²) < 4.78 is 5.78. The highest BCUT2D eigenvalue weighted by atomic mass is 32.2. The minimum Gasteiger partial charge on any atom is -0.396 e. The van der Waals surface area contributed by atoms with Crippen LogP contribution in [0.15, 0.2) is 0 Å². The topological polar surface area (TPSA) is 29.5 Å². The molecular weight excluding hydrogens is 196 g/mol. The van der Waals surface area contributed by atoms with Gasteiger partial charge in [-0.2, -0.15) is 11.8 Å². The van der Waals surface area contributed by atoms with Crippen LogP contribution in [-0.4, -0.2) is 36.4 Å². The molecule has 0 aromatic rings. The second-order valence-electron chi connectivity index (χ2n) is 4.04. The van der Waals surface area contributed by atoms with Gasteiger partial charge in [0.15, 0.2) is 0 Å². The lowest BCUT2D eigenvalue weighted by Gasteiger charge is -2.27. The van der Waals surface area contributed by atoms with Crippen LogP contribution in [0.4, 0.5) is 0 Å². The van der Waals surface area contributed by atoms with E-state index in [0.29, 0.717) is 18.6 Å². The van der Waals surface area contributed by atoms with E-state index in [1.165, 1.54) is 12.2 Å². The Bertz CT molecular complexity index is 133. The second-order valence-corrected chi connectivity index (χ2v) is 5.03. The zero-order chi connectivity index (χ0) is 10.2. The monoisotopic (exact) mass is 218 g/mol. The van der Waals surface area contributed by atoms with Crippen LogP contribution < -0.4 is 0 Å². The molecule has 0 aromatic heterocycles. The van der Waals surface area contributed by atoms with Crippen LogP contribution in [0.2, 0.25) is 0 Å². The van der Waals surface area contributed by atoms with E-state index in [0.717, 1.165) is 32.3 Å². The van der Waals surface area contributed by atoms with Crippen LogP contribution in [0.5, 0.6) is 0 Å². The minimum absolute atomic E-state index is 0.360. The maximum absolute atomic E-state index is 8.98. The van der Waals surface area contributed by atoms with Gasteiger partial charge in [0.25, 0.3) is 0 Å². The van der Waals surface area contributed by atoms with E-state index in [1.807, 2.05) is 11.8 Å². The van der Waals surface area contributed by atoms with Crippen molar-refractivity contribution in [1.29, 1.82) is 0 Å². The Morgan fingerprint density at radius 3 is 2.57 bits per heavy atom. The van der Waals surface area contributed by atoms with E-state index in [1.54, 1.807) is 0 Å². The fourth-order valence-corrected chi connectivity index (χ4v) is 2.34. The highest BCUT2D eigenvalue weighted by molar-refractivity contribution is 7.98. The average molecular weight is 218 g/mol. The molecule has 0 bridgehead atoms. The lowest BCUT2D eigenvalue weighted by atomic mass is 9.88. The van der Waals surface area contributed by atoms with E-state index in [-0.39, 0.29) is 0 Å².